The molecule has 0 spiro atoms. The Kier molecular flexibility index (Phi) is 5.94. The molecule has 2 N–H and O–H groups in total. The number of aromatic nitrogens is 2. The Morgan fingerprint density at radius 1 is 1.16 bits per heavy atom. The number of ether oxygens (including phenoxy) is 3. The largest absolute Gasteiger partial charge is 0.522 e. The van der Waals surface area contributed by atoms with E-state index in [1.807, 2.05) is 0 Å². The van der Waals surface area contributed by atoms with Gasteiger partial charge in [0.1, 0.15) is 11.4 Å². The molecule has 37 heavy (non-hydrogen) atoms. The molecule has 2 saturated heterocycles. The van der Waals surface area contributed by atoms with Gasteiger partial charge in [-0.3, -0.25) is 9.53 Å². The van der Waals surface area contributed by atoms with E-state index in [0.717, 1.165) is 0 Å². The maximum absolute atomic E-state index is 13.1. The molecule has 2 bridgehead atoms. The number of benzene rings is 1. The van der Waals surface area contributed by atoms with Crippen molar-refractivity contribution in [3.8, 4) is 5.75 Å². The average Bonchev–Trinajstić information content (AvgIpc) is 3.32. The summed E-state index contributed by atoms with van der Waals surface area (Å²) in [6, 6.07) is 4.92. The fourth-order valence-electron chi connectivity index (χ4n) is 5.69. The first-order valence-corrected chi connectivity index (χ1v) is 12.6. The monoisotopic (exact) mass is 543 g/mol. The molecule has 2 atom stereocenters. The van der Waals surface area contributed by atoms with Crippen molar-refractivity contribution < 1.29 is 41.7 Å². The van der Waals surface area contributed by atoms with Gasteiger partial charge in [0, 0.05) is 22.9 Å². The number of aliphatic hydroxyl groups is 1. The lowest BCUT2D eigenvalue weighted by atomic mass is 9.71. The number of hydrogen-bond acceptors (Lipinski definition) is 8. The predicted molar refractivity (Wildman–Crippen MR) is 120 cm³/mol. The number of rotatable bonds is 5. The average molecular weight is 544 g/mol. The van der Waals surface area contributed by atoms with Gasteiger partial charge in [-0.25, -0.2) is 0 Å². The molecular formula is C24H25ClF3N3O6. The van der Waals surface area contributed by atoms with Crippen molar-refractivity contribution in [2.24, 2.45) is 0 Å². The number of alkyl halides is 3. The van der Waals surface area contributed by atoms with Crippen molar-refractivity contribution in [3.05, 3.63) is 40.6 Å². The molecule has 4 fully saturated rings. The van der Waals surface area contributed by atoms with Crippen LogP contribution in [-0.2, 0) is 19.9 Å². The fourth-order valence-corrected chi connectivity index (χ4v) is 5.87. The van der Waals surface area contributed by atoms with E-state index in [4.69, 9.17) is 25.5 Å². The third kappa shape index (κ3) is 4.68. The first kappa shape index (κ1) is 24.9. The second kappa shape index (κ2) is 8.82. The van der Waals surface area contributed by atoms with Crippen LogP contribution in [0.2, 0.25) is 5.02 Å². The number of hydrogen-bond donors (Lipinski definition) is 2. The topological polar surface area (TPSA) is 116 Å². The summed E-state index contributed by atoms with van der Waals surface area (Å²) in [5, 5.41) is 22.3. The molecule has 200 valence electrons. The van der Waals surface area contributed by atoms with Crippen LogP contribution in [-0.4, -0.2) is 51.9 Å². The zero-order valence-corrected chi connectivity index (χ0v) is 20.3. The lowest BCUT2D eigenvalue weighted by molar-refractivity contribution is -0.352. The minimum absolute atomic E-state index is 0.112. The second-order valence-corrected chi connectivity index (χ2v) is 10.8. The fraction of sp³-hybridized carbons (Fsp3) is 0.625. The quantitative estimate of drug-likeness (QED) is 0.580. The number of carbonyl (C=O) groups excluding carboxylic acids is 1. The van der Waals surface area contributed by atoms with Gasteiger partial charge in [-0.1, -0.05) is 11.6 Å². The molecule has 0 unspecified atom stereocenters. The highest BCUT2D eigenvalue weighted by molar-refractivity contribution is 6.30. The summed E-state index contributed by atoms with van der Waals surface area (Å²) >= 11 is 6.00. The van der Waals surface area contributed by atoms with E-state index in [1.54, 1.807) is 18.2 Å². The maximum Gasteiger partial charge on any atom is 0.522 e. The molecule has 2 aromatic rings. The molecule has 1 aromatic carbocycles. The highest BCUT2D eigenvalue weighted by Crippen LogP contribution is 2.50. The first-order chi connectivity index (χ1) is 17.5. The van der Waals surface area contributed by atoms with Gasteiger partial charge >= 0.3 is 6.36 Å². The molecule has 2 aliphatic carbocycles. The van der Waals surface area contributed by atoms with E-state index >= 15 is 0 Å². The van der Waals surface area contributed by atoms with Crippen molar-refractivity contribution in [2.75, 3.05) is 6.61 Å². The normalized spacial score (nSPS) is 34.8. The Hall–Kier alpha value is -2.41. The van der Waals surface area contributed by atoms with Crippen LogP contribution in [0.4, 0.5) is 13.2 Å². The zero-order chi connectivity index (χ0) is 26.0. The molecule has 5 aliphatic rings. The summed E-state index contributed by atoms with van der Waals surface area (Å²) < 4.78 is 59.0. The highest BCUT2D eigenvalue weighted by Gasteiger charge is 2.55. The highest BCUT2D eigenvalue weighted by atomic mass is 35.5. The van der Waals surface area contributed by atoms with Gasteiger partial charge in [0.15, 0.2) is 6.10 Å². The number of nitrogens with zero attached hydrogens (tertiary/aromatic N) is 2. The number of amides is 1. The molecule has 13 heteroatoms. The Morgan fingerprint density at radius 2 is 1.92 bits per heavy atom. The van der Waals surface area contributed by atoms with Gasteiger partial charge in [0.25, 0.3) is 5.91 Å². The molecule has 3 aliphatic heterocycles. The van der Waals surface area contributed by atoms with E-state index in [1.165, 1.54) is 0 Å². The lowest BCUT2D eigenvalue weighted by Crippen LogP contribution is -2.63. The van der Waals surface area contributed by atoms with E-state index < -0.39 is 35.8 Å². The van der Waals surface area contributed by atoms with Crippen LogP contribution >= 0.6 is 11.6 Å². The minimum atomic E-state index is -4.66. The van der Waals surface area contributed by atoms with Gasteiger partial charge in [0.2, 0.25) is 11.8 Å². The number of carbonyl (C=O) groups is 1. The zero-order valence-electron chi connectivity index (χ0n) is 19.6. The minimum Gasteiger partial charge on any atom is -0.480 e. The Morgan fingerprint density at radius 3 is 2.59 bits per heavy atom. The molecule has 9 nitrogen and oxygen atoms in total. The van der Waals surface area contributed by atoms with E-state index in [9.17, 15) is 23.1 Å². The van der Waals surface area contributed by atoms with Crippen LogP contribution in [0.1, 0.15) is 74.3 Å². The molecule has 1 aromatic heterocycles. The van der Waals surface area contributed by atoms with Gasteiger partial charge < -0.3 is 24.3 Å². The number of nitrogens with one attached hydrogen (secondary N) is 1. The summed E-state index contributed by atoms with van der Waals surface area (Å²) in [7, 11) is 0. The SMILES string of the molecule is O=C(NC12CCC(c3nnc(C4CC(OC(F)(F)F)C4)o3)(CC1)OC2)[C@H]1C[C@@H](O)c2cc(Cl)ccc2O1. The molecule has 7 rings (SSSR count). The smallest absolute Gasteiger partial charge is 0.480 e. The molecule has 1 amide bonds. The predicted octanol–water partition coefficient (Wildman–Crippen LogP) is 4.04. The maximum atomic E-state index is 13.1. The van der Waals surface area contributed by atoms with Crippen molar-refractivity contribution in [1.29, 1.82) is 0 Å². The lowest BCUT2D eigenvalue weighted by Gasteiger charge is -2.51. The Bertz CT molecular complexity index is 1180. The van der Waals surface area contributed by atoms with E-state index in [2.05, 4.69) is 20.3 Å². The van der Waals surface area contributed by atoms with E-state index in [0.29, 0.717) is 53.8 Å². The van der Waals surface area contributed by atoms with Gasteiger partial charge in [-0.2, -0.15) is 0 Å². The van der Waals surface area contributed by atoms with Crippen LogP contribution < -0.4 is 10.1 Å². The van der Waals surface area contributed by atoms with Crippen molar-refractivity contribution in [2.45, 2.75) is 86.7 Å². The second-order valence-electron chi connectivity index (χ2n) is 10.4. The number of halogens is 4. The molecule has 2 saturated carbocycles. The number of aliphatic hydroxyl groups excluding tert-OH is 1. The molecular weight excluding hydrogens is 519 g/mol. The summed E-state index contributed by atoms with van der Waals surface area (Å²) in [6.45, 7) is 0.239. The van der Waals surface area contributed by atoms with E-state index in [-0.39, 0.29) is 37.7 Å². The molecule has 4 heterocycles. The van der Waals surface area contributed by atoms with Crippen molar-refractivity contribution >= 4 is 17.5 Å². The summed E-state index contributed by atoms with van der Waals surface area (Å²) in [5.74, 6) is 0.441. The molecule has 0 radical (unpaired) electrons. The third-order valence-corrected chi connectivity index (χ3v) is 8.17. The van der Waals surface area contributed by atoms with Crippen LogP contribution in [0.5, 0.6) is 5.75 Å². The number of fused-ring (bicyclic) bond motifs is 4. The van der Waals surface area contributed by atoms with Crippen molar-refractivity contribution in [1.82, 2.24) is 15.5 Å². The Labute approximate surface area is 214 Å². The Balaban J connectivity index is 1.06. The van der Waals surface area contributed by atoms with Gasteiger partial charge in [-0.15, -0.1) is 23.4 Å². The van der Waals surface area contributed by atoms with Crippen molar-refractivity contribution in [3.63, 3.8) is 0 Å². The first-order valence-electron chi connectivity index (χ1n) is 12.2. The standard InChI is InChI=1S/C24H25ClF3N3O6/c25-13-1-2-17-15(9-13)16(32)10-18(35-17)19(33)29-22-3-5-23(6-4-22,34-11-22)21-31-30-20(36-21)12-7-14(8-12)37-24(26,27)28/h1-2,9,12,14,16,18,32H,3-8,10-11H2,(H,29,33)/t12?,14?,16-,18-,22?,23?/m1/s1. The van der Waals surface area contributed by atoms with Crippen LogP contribution in [0.3, 0.4) is 0 Å². The van der Waals surface area contributed by atoms with Crippen LogP contribution in [0.25, 0.3) is 0 Å². The summed E-state index contributed by atoms with van der Waals surface area (Å²) in [4.78, 5) is 13.1. The van der Waals surface area contributed by atoms with Crippen LogP contribution in [0.15, 0.2) is 22.6 Å². The van der Waals surface area contributed by atoms with Crippen LogP contribution in [0, 0.1) is 0 Å². The third-order valence-electron chi connectivity index (χ3n) is 7.93. The summed E-state index contributed by atoms with van der Waals surface area (Å²) in [5.41, 5.74) is -0.798. The van der Waals surface area contributed by atoms with Gasteiger partial charge in [-0.05, 0) is 56.7 Å². The summed E-state index contributed by atoms with van der Waals surface area (Å²) in [6.07, 6.45) is -4.53. The van der Waals surface area contributed by atoms with Gasteiger partial charge in [0.05, 0.1) is 24.4 Å².